The highest BCUT2D eigenvalue weighted by Gasteiger charge is 2.06. The minimum atomic E-state index is 0.405. The summed E-state index contributed by atoms with van der Waals surface area (Å²) in [5, 5.41) is 6.80. The van der Waals surface area contributed by atoms with Crippen molar-refractivity contribution in [3.63, 3.8) is 0 Å². The summed E-state index contributed by atoms with van der Waals surface area (Å²) in [4.78, 5) is 4.30. The summed E-state index contributed by atoms with van der Waals surface area (Å²) in [7, 11) is 3.47. The van der Waals surface area contributed by atoms with Gasteiger partial charge in [-0.2, -0.15) is 0 Å². The summed E-state index contributed by atoms with van der Waals surface area (Å²) >= 11 is 0. The molecule has 5 heteroatoms. The fourth-order valence-electron chi connectivity index (χ4n) is 2.26. The van der Waals surface area contributed by atoms with Crippen LogP contribution in [0.1, 0.15) is 39.2 Å². The third-order valence-electron chi connectivity index (χ3n) is 3.70. The molecule has 24 heavy (non-hydrogen) atoms. The van der Waals surface area contributed by atoms with Gasteiger partial charge in [-0.25, -0.2) is 0 Å². The largest absolute Gasteiger partial charge is 0.491 e. The standard InChI is InChI=1S/C19H33N3O2/c1-15(2)9-10-16(3)22-19(20-4)21-14-17-7-6-8-18(13-17)24-12-11-23-5/h6-8,13,15-16H,9-12,14H2,1-5H3,(H2,20,21,22). The molecule has 0 fully saturated rings. The molecule has 0 amide bonds. The maximum absolute atomic E-state index is 5.64. The molecule has 1 aromatic carbocycles. The van der Waals surface area contributed by atoms with Crippen LogP contribution in [0, 0.1) is 5.92 Å². The van der Waals surface area contributed by atoms with Gasteiger partial charge < -0.3 is 20.1 Å². The van der Waals surface area contributed by atoms with Crippen molar-refractivity contribution in [1.29, 1.82) is 0 Å². The molecule has 0 saturated carbocycles. The fraction of sp³-hybridized carbons (Fsp3) is 0.632. The van der Waals surface area contributed by atoms with Gasteiger partial charge in [-0.15, -0.1) is 0 Å². The van der Waals surface area contributed by atoms with Gasteiger partial charge in [0.25, 0.3) is 0 Å². The Labute approximate surface area is 146 Å². The molecule has 0 heterocycles. The monoisotopic (exact) mass is 335 g/mol. The molecule has 0 bridgehead atoms. The van der Waals surface area contributed by atoms with Crippen LogP contribution in [-0.2, 0) is 11.3 Å². The fourth-order valence-corrected chi connectivity index (χ4v) is 2.26. The van der Waals surface area contributed by atoms with Gasteiger partial charge in [0.15, 0.2) is 5.96 Å². The highest BCUT2D eigenvalue weighted by Crippen LogP contribution is 2.13. The van der Waals surface area contributed by atoms with Crippen LogP contribution < -0.4 is 15.4 Å². The van der Waals surface area contributed by atoms with Crippen LogP contribution in [0.5, 0.6) is 5.75 Å². The summed E-state index contributed by atoms with van der Waals surface area (Å²) in [5.41, 5.74) is 1.16. The maximum atomic E-state index is 5.64. The van der Waals surface area contributed by atoms with Crippen LogP contribution >= 0.6 is 0 Å². The second-order valence-corrected chi connectivity index (χ2v) is 6.43. The second-order valence-electron chi connectivity index (χ2n) is 6.43. The van der Waals surface area contributed by atoms with Gasteiger partial charge in [0.2, 0.25) is 0 Å². The Kier molecular flexibility index (Phi) is 9.92. The Balaban J connectivity index is 2.43. The van der Waals surface area contributed by atoms with Crippen molar-refractivity contribution < 1.29 is 9.47 Å². The Hall–Kier alpha value is -1.75. The molecule has 136 valence electrons. The van der Waals surface area contributed by atoms with Gasteiger partial charge in [0, 0.05) is 26.7 Å². The van der Waals surface area contributed by atoms with Gasteiger partial charge >= 0.3 is 0 Å². The van der Waals surface area contributed by atoms with Crippen molar-refractivity contribution in [3.8, 4) is 5.75 Å². The second kappa shape index (κ2) is 11.7. The van der Waals surface area contributed by atoms with E-state index in [1.807, 2.05) is 18.2 Å². The first-order chi connectivity index (χ1) is 11.5. The zero-order valence-corrected chi connectivity index (χ0v) is 15.8. The molecule has 0 aliphatic heterocycles. The van der Waals surface area contributed by atoms with E-state index in [4.69, 9.17) is 9.47 Å². The van der Waals surface area contributed by atoms with Crippen LogP contribution in [0.25, 0.3) is 0 Å². The van der Waals surface area contributed by atoms with E-state index in [1.165, 1.54) is 6.42 Å². The maximum Gasteiger partial charge on any atom is 0.191 e. The van der Waals surface area contributed by atoms with E-state index < -0.39 is 0 Å². The van der Waals surface area contributed by atoms with Gasteiger partial charge in [0.05, 0.1) is 6.61 Å². The van der Waals surface area contributed by atoms with E-state index in [0.29, 0.717) is 25.8 Å². The van der Waals surface area contributed by atoms with E-state index in [9.17, 15) is 0 Å². The number of nitrogens with zero attached hydrogens (tertiary/aromatic N) is 1. The smallest absolute Gasteiger partial charge is 0.191 e. The summed E-state index contributed by atoms with van der Waals surface area (Å²) < 4.78 is 10.6. The van der Waals surface area contributed by atoms with Crippen molar-refractivity contribution in [2.24, 2.45) is 10.9 Å². The lowest BCUT2D eigenvalue weighted by atomic mass is 10.0. The number of rotatable bonds is 10. The number of nitrogens with one attached hydrogen (secondary N) is 2. The van der Waals surface area contributed by atoms with Crippen LogP contribution in [0.15, 0.2) is 29.3 Å². The quantitative estimate of drug-likeness (QED) is 0.392. The van der Waals surface area contributed by atoms with Gasteiger partial charge in [-0.05, 0) is 43.4 Å². The molecule has 0 radical (unpaired) electrons. The van der Waals surface area contributed by atoms with E-state index in [-0.39, 0.29) is 0 Å². The zero-order chi connectivity index (χ0) is 17.8. The van der Waals surface area contributed by atoms with Crippen molar-refractivity contribution in [2.75, 3.05) is 27.4 Å². The molecule has 0 aliphatic rings. The van der Waals surface area contributed by atoms with Gasteiger partial charge in [-0.1, -0.05) is 26.0 Å². The number of ether oxygens (including phenoxy) is 2. The molecule has 2 N–H and O–H groups in total. The van der Waals surface area contributed by atoms with E-state index in [1.54, 1.807) is 14.2 Å². The minimum absolute atomic E-state index is 0.405. The van der Waals surface area contributed by atoms with Gasteiger partial charge in [-0.3, -0.25) is 4.99 Å². The molecule has 5 nitrogen and oxygen atoms in total. The highest BCUT2D eigenvalue weighted by molar-refractivity contribution is 5.79. The average molecular weight is 335 g/mol. The van der Waals surface area contributed by atoms with E-state index >= 15 is 0 Å². The predicted octanol–water partition coefficient (Wildman–Crippen LogP) is 3.20. The summed E-state index contributed by atoms with van der Waals surface area (Å²) in [6.07, 6.45) is 2.35. The molecule has 0 spiro atoms. The molecule has 0 saturated heterocycles. The molecule has 0 aromatic heterocycles. The van der Waals surface area contributed by atoms with Crippen molar-refractivity contribution in [1.82, 2.24) is 10.6 Å². The Morgan fingerprint density at radius 2 is 1.96 bits per heavy atom. The molecule has 1 unspecified atom stereocenters. The van der Waals surface area contributed by atoms with Crippen molar-refractivity contribution in [3.05, 3.63) is 29.8 Å². The normalized spacial score (nSPS) is 13.0. The van der Waals surface area contributed by atoms with E-state index in [2.05, 4.69) is 42.5 Å². The number of methoxy groups -OCH3 is 1. The SMILES string of the molecule is CN=C(NCc1cccc(OCCOC)c1)NC(C)CCC(C)C. The highest BCUT2D eigenvalue weighted by atomic mass is 16.5. The summed E-state index contributed by atoms with van der Waals surface area (Å²) in [5.74, 6) is 2.42. The molecule has 0 aliphatic carbocycles. The van der Waals surface area contributed by atoms with Crippen LogP contribution in [0.2, 0.25) is 0 Å². The summed E-state index contributed by atoms with van der Waals surface area (Å²) in [6.45, 7) is 8.55. The van der Waals surface area contributed by atoms with Crippen molar-refractivity contribution >= 4 is 5.96 Å². The molecule has 1 aromatic rings. The molecular formula is C19H33N3O2. The first kappa shape index (κ1) is 20.3. The predicted molar refractivity (Wildman–Crippen MR) is 101 cm³/mol. The third-order valence-corrected chi connectivity index (χ3v) is 3.70. The first-order valence-corrected chi connectivity index (χ1v) is 8.73. The first-order valence-electron chi connectivity index (χ1n) is 8.73. The van der Waals surface area contributed by atoms with Crippen LogP contribution in [-0.4, -0.2) is 39.4 Å². The third kappa shape index (κ3) is 8.77. The number of hydrogen-bond acceptors (Lipinski definition) is 3. The minimum Gasteiger partial charge on any atom is -0.491 e. The van der Waals surface area contributed by atoms with Crippen LogP contribution in [0.4, 0.5) is 0 Å². The van der Waals surface area contributed by atoms with E-state index in [0.717, 1.165) is 29.6 Å². The topological polar surface area (TPSA) is 54.9 Å². The Morgan fingerprint density at radius 1 is 1.17 bits per heavy atom. The van der Waals surface area contributed by atoms with Crippen molar-refractivity contribution in [2.45, 2.75) is 46.2 Å². The number of guanidine groups is 1. The lowest BCUT2D eigenvalue weighted by molar-refractivity contribution is 0.146. The lowest BCUT2D eigenvalue weighted by Gasteiger charge is -2.19. The molecule has 1 rings (SSSR count). The average Bonchev–Trinajstić information content (AvgIpc) is 2.57. The number of aliphatic imine (C=N–C) groups is 1. The lowest BCUT2D eigenvalue weighted by Crippen LogP contribution is -2.41. The molecule has 1 atom stereocenters. The van der Waals surface area contributed by atoms with Crippen LogP contribution in [0.3, 0.4) is 0 Å². The van der Waals surface area contributed by atoms with Gasteiger partial charge in [0.1, 0.15) is 12.4 Å². The Morgan fingerprint density at radius 3 is 2.62 bits per heavy atom. The zero-order valence-electron chi connectivity index (χ0n) is 15.8. The summed E-state index contributed by atoms with van der Waals surface area (Å²) in [6, 6.07) is 8.48. The molecular weight excluding hydrogens is 302 g/mol. The number of hydrogen-bond donors (Lipinski definition) is 2. The Bertz CT molecular complexity index is 489. The number of benzene rings is 1.